The van der Waals surface area contributed by atoms with E-state index in [0.717, 1.165) is 0 Å². The van der Waals surface area contributed by atoms with Gasteiger partial charge in [-0.05, 0) is 23.8 Å². The lowest BCUT2D eigenvalue weighted by molar-refractivity contribution is 0.0695. The van der Waals surface area contributed by atoms with Gasteiger partial charge < -0.3 is 15.8 Å². The highest BCUT2D eigenvalue weighted by molar-refractivity contribution is 6.31. The Morgan fingerprint density at radius 2 is 2.06 bits per heavy atom. The highest BCUT2D eigenvalue weighted by atomic mass is 35.5. The maximum atomic E-state index is 11.5. The number of hydrogen-bond donors (Lipinski definition) is 3. The number of benzene rings is 1. The van der Waals surface area contributed by atoms with Crippen molar-refractivity contribution in [1.82, 2.24) is 4.98 Å². The van der Waals surface area contributed by atoms with E-state index in [2.05, 4.69) is 4.98 Å². The van der Waals surface area contributed by atoms with E-state index < -0.39 is 11.5 Å². The van der Waals surface area contributed by atoms with Gasteiger partial charge in [-0.1, -0.05) is 11.6 Å². The highest BCUT2D eigenvalue weighted by Gasteiger charge is 2.12. The van der Waals surface area contributed by atoms with Crippen molar-refractivity contribution in [3.05, 3.63) is 44.7 Å². The van der Waals surface area contributed by atoms with Crippen LogP contribution in [0.1, 0.15) is 15.9 Å². The molecule has 7 heteroatoms. The van der Waals surface area contributed by atoms with Gasteiger partial charge in [-0.3, -0.25) is 4.79 Å². The van der Waals surface area contributed by atoms with E-state index in [-0.39, 0.29) is 24.5 Å². The van der Waals surface area contributed by atoms with E-state index in [1.54, 1.807) is 12.1 Å². The first-order valence-corrected chi connectivity index (χ1v) is 5.19. The average Bonchev–Trinajstić information content (AvgIpc) is 2.27. The number of carboxylic acids is 1. The molecule has 2 rings (SSSR count). The molecule has 0 fully saturated rings. The second-order valence-corrected chi connectivity index (χ2v) is 3.99. The summed E-state index contributed by atoms with van der Waals surface area (Å²) in [6.07, 6.45) is 0. The Hall–Kier alpha value is -1.56. The van der Waals surface area contributed by atoms with Gasteiger partial charge in [0.1, 0.15) is 5.56 Å². The zero-order chi connectivity index (χ0) is 12.6. The number of halogens is 2. The lowest BCUT2D eigenvalue weighted by Gasteiger charge is -2.06. The Morgan fingerprint density at radius 1 is 1.39 bits per heavy atom. The van der Waals surface area contributed by atoms with E-state index in [9.17, 15) is 9.59 Å². The van der Waals surface area contributed by atoms with Gasteiger partial charge in [-0.15, -0.1) is 12.4 Å². The number of carbonyl (C=O) groups is 1. The van der Waals surface area contributed by atoms with Crippen molar-refractivity contribution in [3.63, 3.8) is 0 Å². The number of fused-ring (bicyclic) bond motifs is 1. The number of hydrogen-bond acceptors (Lipinski definition) is 3. The summed E-state index contributed by atoms with van der Waals surface area (Å²) in [6, 6.07) is 4.51. The number of pyridine rings is 1. The third-order valence-corrected chi connectivity index (χ3v) is 2.67. The van der Waals surface area contributed by atoms with Crippen molar-refractivity contribution < 1.29 is 9.90 Å². The van der Waals surface area contributed by atoms with Crippen molar-refractivity contribution in [3.8, 4) is 0 Å². The van der Waals surface area contributed by atoms with Crippen LogP contribution < -0.4 is 11.3 Å². The van der Waals surface area contributed by atoms with Crippen LogP contribution in [0, 0.1) is 0 Å². The summed E-state index contributed by atoms with van der Waals surface area (Å²) >= 11 is 5.88. The standard InChI is InChI=1S/C11H9ClN2O3.ClH/c12-7-1-5-3-8(11(16)17)10(15)14-9(5)6(2-7)4-13;/h1-3H,4,13H2,(H,14,15)(H,16,17);1H. The maximum absolute atomic E-state index is 11.5. The minimum atomic E-state index is -1.28. The number of H-pyrrole nitrogens is 1. The number of aromatic amines is 1. The number of rotatable bonds is 2. The van der Waals surface area contributed by atoms with E-state index in [0.29, 0.717) is 21.5 Å². The summed E-state index contributed by atoms with van der Waals surface area (Å²) < 4.78 is 0. The number of carboxylic acid groups (broad SMARTS) is 1. The fourth-order valence-corrected chi connectivity index (χ4v) is 1.92. The minimum absolute atomic E-state index is 0. The van der Waals surface area contributed by atoms with E-state index in [1.165, 1.54) is 6.07 Å². The first-order valence-electron chi connectivity index (χ1n) is 4.81. The molecule has 18 heavy (non-hydrogen) atoms. The minimum Gasteiger partial charge on any atom is -0.477 e. The molecule has 0 aliphatic rings. The predicted octanol–water partition coefficient (Wildman–Crippen LogP) is 1.76. The van der Waals surface area contributed by atoms with Crippen LogP contribution in [0.4, 0.5) is 0 Å². The smallest absolute Gasteiger partial charge is 0.341 e. The summed E-state index contributed by atoms with van der Waals surface area (Å²) in [5, 5.41) is 9.84. The normalized spacial score (nSPS) is 10.1. The van der Waals surface area contributed by atoms with Crippen LogP contribution in [-0.2, 0) is 6.54 Å². The average molecular weight is 289 g/mol. The summed E-state index contributed by atoms with van der Waals surface area (Å²) in [6.45, 7) is 0.208. The molecule has 0 bridgehead atoms. The van der Waals surface area contributed by atoms with Crippen molar-refractivity contribution in [2.24, 2.45) is 5.73 Å². The Balaban J connectivity index is 0.00000162. The zero-order valence-electron chi connectivity index (χ0n) is 9.07. The van der Waals surface area contributed by atoms with Crippen LogP contribution in [0.3, 0.4) is 0 Å². The molecule has 1 aromatic carbocycles. The van der Waals surface area contributed by atoms with Gasteiger partial charge in [0.15, 0.2) is 0 Å². The monoisotopic (exact) mass is 288 g/mol. The second-order valence-electron chi connectivity index (χ2n) is 3.55. The Bertz CT molecular complexity index is 667. The van der Waals surface area contributed by atoms with Crippen LogP contribution in [0.15, 0.2) is 23.0 Å². The van der Waals surface area contributed by atoms with Gasteiger partial charge in [0.2, 0.25) is 0 Å². The van der Waals surface area contributed by atoms with Gasteiger partial charge in [0, 0.05) is 17.0 Å². The SMILES string of the molecule is Cl.NCc1cc(Cl)cc2cc(C(=O)O)c(=O)[nH]c12. The summed E-state index contributed by atoms with van der Waals surface area (Å²) in [7, 11) is 0. The third kappa shape index (κ3) is 2.48. The fraction of sp³-hybridized carbons (Fsp3) is 0.0909. The molecule has 0 saturated carbocycles. The Morgan fingerprint density at radius 3 is 2.61 bits per heavy atom. The molecule has 0 aliphatic heterocycles. The molecule has 5 nitrogen and oxygen atoms in total. The molecule has 2 aromatic rings. The van der Waals surface area contributed by atoms with Crippen LogP contribution >= 0.6 is 24.0 Å². The second kappa shape index (κ2) is 5.39. The molecule has 0 saturated heterocycles. The molecule has 96 valence electrons. The van der Waals surface area contributed by atoms with Crippen LogP contribution in [0.2, 0.25) is 5.02 Å². The lowest BCUT2D eigenvalue weighted by atomic mass is 10.1. The summed E-state index contributed by atoms with van der Waals surface area (Å²) in [5.74, 6) is -1.28. The first kappa shape index (κ1) is 14.5. The molecule has 1 heterocycles. The molecule has 0 radical (unpaired) electrons. The van der Waals surface area contributed by atoms with Gasteiger partial charge >= 0.3 is 5.97 Å². The molecular formula is C11H10Cl2N2O3. The van der Waals surface area contributed by atoms with Gasteiger partial charge in [0.25, 0.3) is 5.56 Å². The van der Waals surface area contributed by atoms with Crippen molar-refractivity contribution >= 4 is 40.9 Å². The topological polar surface area (TPSA) is 96.2 Å². The molecule has 0 spiro atoms. The zero-order valence-corrected chi connectivity index (χ0v) is 10.6. The number of aromatic carboxylic acids is 1. The highest BCUT2D eigenvalue weighted by Crippen LogP contribution is 2.21. The number of aromatic nitrogens is 1. The molecule has 4 N–H and O–H groups in total. The van der Waals surface area contributed by atoms with E-state index >= 15 is 0 Å². The molecule has 0 aliphatic carbocycles. The molecule has 0 atom stereocenters. The maximum Gasteiger partial charge on any atom is 0.341 e. The Labute approximate surface area is 113 Å². The molecule has 1 aromatic heterocycles. The van der Waals surface area contributed by atoms with E-state index in [1.807, 2.05) is 0 Å². The van der Waals surface area contributed by atoms with Gasteiger partial charge in [-0.25, -0.2) is 4.79 Å². The number of nitrogens with two attached hydrogens (primary N) is 1. The van der Waals surface area contributed by atoms with Crippen molar-refractivity contribution in [2.45, 2.75) is 6.54 Å². The van der Waals surface area contributed by atoms with Crippen LogP contribution in [0.25, 0.3) is 10.9 Å². The molecule has 0 unspecified atom stereocenters. The summed E-state index contributed by atoms with van der Waals surface area (Å²) in [4.78, 5) is 24.9. The van der Waals surface area contributed by atoms with Crippen molar-refractivity contribution in [2.75, 3.05) is 0 Å². The lowest BCUT2D eigenvalue weighted by Crippen LogP contribution is -2.17. The number of nitrogens with one attached hydrogen (secondary N) is 1. The predicted molar refractivity (Wildman–Crippen MR) is 71.7 cm³/mol. The largest absolute Gasteiger partial charge is 0.477 e. The van der Waals surface area contributed by atoms with Gasteiger partial charge in [0.05, 0.1) is 5.52 Å². The Kier molecular flexibility index (Phi) is 4.34. The first-order chi connectivity index (χ1) is 8.02. The van der Waals surface area contributed by atoms with Crippen LogP contribution in [0.5, 0.6) is 0 Å². The van der Waals surface area contributed by atoms with Crippen LogP contribution in [-0.4, -0.2) is 16.1 Å². The van der Waals surface area contributed by atoms with E-state index in [4.69, 9.17) is 22.4 Å². The molecular weight excluding hydrogens is 279 g/mol. The quantitative estimate of drug-likeness (QED) is 0.784. The fourth-order valence-electron chi connectivity index (χ4n) is 1.67. The molecule has 0 amide bonds. The van der Waals surface area contributed by atoms with Gasteiger partial charge in [-0.2, -0.15) is 0 Å². The third-order valence-electron chi connectivity index (χ3n) is 2.45. The summed E-state index contributed by atoms with van der Waals surface area (Å²) in [5.41, 5.74) is 5.76. The van der Waals surface area contributed by atoms with Crippen molar-refractivity contribution in [1.29, 1.82) is 0 Å².